The van der Waals surface area contributed by atoms with Crippen LogP contribution in [0.25, 0.3) is 22.7 Å². The highest BCUT2D eigenvalue weighted by Crippen LogP contribution is 2.31. The summed E-state index contributed by atoms with van der Waals surface area (Å²) in [6, 6.07) is 1.79. The summed E-state index contributed by atoms with van der Waals surface area (Å²) in [4.78, 5) is 24.8. The normalized spacial score (nSPS) is 16.8. The molecule has 3 aromatic heterocycles. The number of carbonyl (C=O) groups is 1. The number of hydrogen-bond acceptors (Lipinski definition) is 5. The molecule has 3 aromatic rings. The quantitative estimate of drug-likeness (QED) is 0.609. The number of hydrogen-bond donors (Lipinski definition) is 3. The van der Waals surface area contributed by atoms with Gasteiger partial charge in [0.05, 0.1) is 18.5 Å². The fourth-order valence-electron chi connectivity index (χ4n) is 3.37. The zero-order valence-electron chi connectivity index (χ0n) is 14.0. The summed E-state index contributed by atoms with van der Waals surface area (Å²) in [6.07, 6.45) is 5.45. The van der Waals surface area contributed by atoms with Crippen LogP contribution in [0.3, 0.4) is 0 Å². The number of nitrogens with zero attached hydrogens (tertiary/aromatic N) is 4. The number of aromatic nitrogens is 5. The minimum Gasteiger partial charge on any atom is -0.395 e. The smallest absolute Gasteiger partial charge is 0.214 e. The molecule has 0 spiro atoms. The standard InChI is InChI=1S/C17H20N6O2/c1-10-2-3-13-12(6-10)15(22-21-13)17-19-14-7-11(8-18-16(14)20-17)23(9-25)4-5-24/h7-10,24H,2-6H2,1H3,(H,21,22)(H,18,19,20). The third-order valence-electron chi connectivity index (χ3n) is 4.74. The van der Waals surface area contributed by atoms with Crippen molar-refractivity contribution < 1.29 is 9.90 Å². The average molecular weight is 340 g/mol. The third-order valence-corrected chi connectivity index (χ3v) is 4.74. The summed E-state index contributed by atoms with van der Waals surface area (Å²) in [7, 11) is 0. The molecule has 1 unspecified atom stereocenters. The van der Waals surface area contributed by atoms with E-state index in [2.05, 4.69) is 32.1 Å². The number of H-pyrrole nitrogens is 2. The van der Waals surface area contributed by atoms with E-state index in [4.69, 9.17) is 5.11 Å². The number of nitrogens with one attached hydrogen (secondary N) is 2. The Kier molecular flexibility index (Phi) is 3.96. The predicted octanol–water partition coefficient (Wildman–Crippen LogP) is 1.43. The first-order chi connectivity index (χ1) is 12.2. The number of aliphatic hydroxyl groups excluding tert-OH is 1. The molecule has 0 radical (unpaired) electrons. The van der Waals surface area contributed by atoms with E-state index in [1.54, 1.807) is 12.3 Å². The topological polar surface area (TPSA) is 111 Å². The number of aryl methyl sites for hydroxylation is 1. The van der Waals surface area contributed by atoms with Crippen molar-refractivity contribution in [1.82, 2.24) is 25.1 Å². The molecular formula is C17H20N6O2. The number of anilines is 1. The number of rotatable bonds is 5. The Morgan fingerprint density at radius 3 is 3.16 bits per heavy atom. The van der Waals surface area contributed by atoms with Crippen LogP contribution in [0.2, 0.25) is 0 Å². The fraction of sp³-hybridized carbons (Fsp3) is 0.412. The zero-order chi connectivity index (χ0) is 17.4. The zero-order valence-corrected chi connectivity index (χ0v) is 14.0. The average Bonchev–Trinajstić information content (AvgIpc) is 3.21. The maximum atomic E-state index is 11.2. The first-order valence-electron chi connectivity index (χ1n) is 8.44. The van der Waals surface area contributed by atoms with Gasteiger partial charge in [0.25, 0.3) is 0 Å². The molecule has 1 amide bonds. The number of pyridine rings is 1. The van der Waals surface area contributed by atoms with E-state index in [9.17, 15) is 4.79 Å². The molecule has 25 heavy (non-hydrogen) atoms. The molecule has 3 N–H and O–H groups in total. The van der Waals surface area contributed by atoms with Gasteiger partial charge >= 0.3 is 0 Å². The van der Waals surface area contributed by atoms with Crippen LogP contribution >= 0.6 is 0 Å². The van der Waals surface area contributed by atoms with Gasteiger partial charge in [0.1, 0.15) is 11.2 Å². The molecule has 3 heterocycles. The van der Waals surface area contributed by atoms with Crippen molar-refractivity contribution in [2.24, 2.45) is 5.92 Å². The summed E-state index contributed by atoms with van der Waals surface area (Å²) in [6.45, 7) is 2.36. The van der Waals surface area contributed by atoms with E-state index in [0.717, 1.165) is 18.5 Å². The molecule has 4 rings (SSSR count). The third kappa shape index (κ3) is 2.78. The van der Waals surface area contributed by atoms with Gasteiger partial charge in [-0.3, -0.25) is 9.89 Å². The minimum absolute atomic E-state index is 0.111. The van der Waals surface area contributed by atoms with Crippen LogP contribution in [-0.4, -0.2) is 49.8 Å². The second kappa shape index (κ2) is 6.29. The molecule has 8 nitrogen and oxygen atoms in total. The van der Waals surface area contributed by atoms with Crippen molar-refractivity contribution >= 4 is 23.3 Å². The Bertz CT molecular complexity index is 915. The van der Waals surface area contributed by atoms with Gasteiger partial charge in [-0.15, -0.1) is 0 Å². The molecule has 8 heteroatoms. The molecule has 0 aromatic carbocycles. The lowest BCUT2D eigenvalue weighted by atomic mass is 9.88. The van der Waals surface area contributed by atoms with Crippen molar-refractivity contribution in [3.8, 4) is 11.5 Å². The van der Waals surface area contributed by atoms with Crippen LogP contribution in [0.4, 0.5) is 5.69 Å². The highest BCUT2D eigenvalue weighted by Gasteiger charge is 2.23. The maximum Gasteiger partial charge on any atom is 0.214 e. The predicted molar refractivity (Wildman–Crippen MR) is 93.2 cm³/mol. The summed E-state index contributed by atoms with van der Waals surface area (Å²) < 4.78 is 0. The van der Waals surface area contributed by atoms with Crippen LogP contribution < -0.4 is 4.90 Å². The summed E-state index contributed by atoms with van der Waals surface area (Å²) in [5.74, 6) is 1.32. The van der Waals surface area contributed by atoms with E-state index < -0.39 is 0 Å². The van der Waals surface area contributed by atoms with E-state index in [0.29, 0.717) is 35.0 Å². The molecule has 0 saturated heterocycles. The number of carbonyl (C=O) groups excluding carboxylic acids is 1. The SMILES string of the molecule is CC1CCc2[nH]nc(-c3nc4cc(N(C=O)CCO)cnc4[nH]3)c2C1. The monoisotopic (exact) mass is 340 g/mol. The molecule has 0 aliphatic heterocycles. The van der Waals surface area contributed by atoms with Crippen molar-refractivity contribution in [3.05, 3.63) is 23.5 Å². The molecule has 1 atom stereocenters. The van der Waals surface area contributed by atoms with Gasteiger partial charge in [0.2, 0.25) is 6.41 Å². The molecular weight excluding hydrogens is 320 g/mol. The van der Waals surface area contributed by atoms with Crippen molar-refractivity contribution in [2.45, 2.75) is 26.2 Å². The largest absolute Gasteiger partial charge is 0.395 e. The van der Waals surface area contributed by atoms with Crippen molar-refractivity contribution in [3.63, 3.8) is 0 Å². The molecule has 0 bridgehead atoms. The summed E-state index contributed by atoms with van der Waals surface area (Å²) >= 11 is 0. The number of aromatic amines is 2. The second-order valence-corrected chi connectivity index (χ2v) is 6.55. The Hall–Kier alpha value is -2.74. The maximum absolute atomic E-state index is 11.2. The number of imidazole rings is 1. The molecule has 0 fully saturated rings. The van der Waals surface area contributed by atoms with Crippen molar-refractivity contribution in [1.29, 1.82) is 0 Å². The van der Waals surface area contributed by atoms with Crippen LogP contribution in [0.15, 0.2) is 12.3 Å². The van der Waals surface area contributed by atoms with Crippen LogP contribution in [0, 0.1) is 5.92 Å². The molecule has 130 valence electrons. The van der Waals surface area contributed by atoms with Gasteiger partial charge in [0.15, 0.2) is 11.5 Å². The highest BCUT2D eigenvalue weighted by atomic mass is 16.3. The summed E-state index contributed by atoms with van der Waals surface area (Å²) in [5, 5.41) is 16.6. The van der Waals surface area contributed by atoms with E-state index in [-0.39, 0.29) is 13.2 Å². The van der Waals surface area contributed by atoms with E-state index in [1.165, 1.54) is 22.6 Å². The molecule has 1 aliphatic rings. The van der Waals surface area contributed by atoms with Gasteiger partial charge in [-0.25, -0.2) is 9.97 Å². The molecule has 1 aliphatic carbocycles. The van der Waals surface area contributed by atoms with Crippen LogP contribution in [-0.2, 0) is 17.6 Å². The van der Waals surface area contributed by atoms with Gasteiger partial charge in [-0.2, -0.15) is 5.10 Å². The Labute approximate surface area is 144 Å². The molecule has 0 saturated carbocycles. The van der Waals surface area contributed by atoms with Gasteiger partial charge in [0, 0.05) is 17.8 Å². The summed E-state index contributed by atoms with van der Waals surface area (Å²) in [5.41, 5.74) is 5.19. The van der Waals surface area contributed by atoms with E-state index >= 15 is 0 Å². The van der Waals surface area contributed by atoms with E-state index in [1.807, 2.05) is 0 Å². The first kappa shape index (κ1) is 15.8. The number of amides is 1. The Morgan fingerprint density at radius 1 is 1.48 bits per heavy atom. The number of aliphatic hydroxyl groups is 1. The lowest BCUT2D eigenvalue weighted by Gasteiger charge is -2.17. The minimum atomic E-state index is -0.111. The lowest BCUT2D eigenvalue weighted by molar-refractivity contribution is -0.107. The Balaban J connectivity index is 1.73. The fourth-order valence-corrected chi connectivity index (χ4v) is 3.37. The highest BCUT2D eigenvalue weighted by molar-refractivity contribution is 5.83. The first-order valence-corrected chi connectivity index (χ1v) is 8.44. The van der Waals surface area contributed by atoms with Crippen molar-refractivity contribution in [2.75, 3.05) is 18.1 Å². The van der Waals surface area contributed by atoms with Crippen LogP contribution in [0.1, 0.15) is 24.6 Å². The van der Waals surface area contributed by atoms with Gasteiger partial charge < -0.3 is 15.0 Å². The van der Waals surface area contributed by atoms with Gasteiger partial charge in [-0.05, 0) is 31.2 Å². The Morgan fingerprint density at radius 2 is 2.36 bits per heavy atom. The van der Waals surface area contributed by atoms with Crippen LogP contribution in [0.5, 0.6) is 0 Å². The second-order valence-electron chi connectivity index (χ2n) is 6.55. The number of fused-ring (bicyclic) bond motifs is 2. The van der Waals surface area contributed by atoms with Gasteiger partial charge in [-0.1, -0.05) is 6.92 Å². The lowest BCUT2D eigenvalue weighted by Crippen LogP contribution is -2.24.